The van der Waals surface area contributed by atoms with Crippen LogP contribution >= 0.6 is 0 Å². The molecule has 18 heteroatoms. The molecule has 0 radical (unpaired) electrons. The first-order chi connectivity index (χ1) is 25.4. The lowest BCUT2D eigenvalue weighted by Gasteiger charge is -2.12. The van der Waals surface area contributed by atoms with E-state index in [-0.39, 0.29) is 12.1 Å². The molecule has 0 aromatic carbocycles. The maximum absolute atomic E-state index is 4.72. The number of rotatable bonds is 6. The van der Waals surface area contributed by atoms with Crippen LogP contribution in [-0.4, -0.2) is 88.3 Å². The summed E-state index contributed by atoms with van der Waals surface area (Å²) in [4.78, 5) is 26.8. The Bertz CT molecular complexity index is 2650. The third-order valence-electron chi connectivity index (χ3n) is 8.90. The second-order valence-electron chi connectivity index (χ2n) is 12.3. The summed E-state index contributed by atoms with van der Waals surface area (Å²) in [6.07, 6.45) is 22.2. The van der Waals surface area contributed by atoms with E-state index in [0.29, 0.717) is 22.6 Å². The number of aromatic nitrogens is 18. The van der Waals surface area contributed by atoms with Gasteiger partial charge in [0.1, 0.15) is 11.3 Å². The van der Waals surface area contributed by atoms with Crippen molar-refractivity contribution in [2.45, 2.75) is 25.9 Å². The van der Waals surface area contributed by atoms with Crippen molar-refractivity contribution in [3.8, 4) is 22.5 Å². The lowest BCUT2D eigenvalue weighted by atomic mass is 10.1. The van der Waals surface area contributed by atoms with Crippen molar-refractivity contribution in [1.29, 1.82) is 0 Å². The van der Waals surface area contributed by atoms with Crippen molar-refractivity contribution in [2.24, 2.45) is 14.1 Å². The Labute approximate surface area is 294 Å². The molecule has 0 aliphatic carbocycles. The van der Waals surface area contributed by atoms with Gasteiger partial charge in [0.2, 0.25) is 11.3 Å². The molecule has 0 saturated carbocycles. The minimum absolute atomic E-state index is 0.0507. The Morgan fingerprint density at radius 3 is 1.42 bits per heavy atom. The minimum Gasteiger partial charge on any atom is -0.307 e. The maximum atomic E-state index is 4.72. The van der Waals surface area contributed by atoms with Crippen molar-refractivity contribution in [3.05, 3.63) is 110 Å². The molecule has 10 heterocycles. The number of nitrogens with zero attached hydrogens (tertiary/aromatic N) is 18. The van der Waals surface area contributed by atoms with Crippen LogP contribution in [0.4, 0.5) is 0 Å². The molecule has 0 fully saturated rings. The van der Waals surface area contributed by atoms with Gasteiger partial charge in [-0.2, -0.15) is 10.2 Å². The number of imidazole rings is 2. The van der Waals surface area contributed by atoms with Gasteiger partial charge < -0.3 is 8.80 Å². The van der Waals surface area contributed by atoms with Gasteiger partial charge in [0.25, 0.3) is 0 Å². The van der Waals surface area contributed by atoms with E-state index in [1.807, 2.05) is 84.3 Å². The van der Waals surface area contributed by atoms with E-state index in [0.717, 1.165) is 44.9 Å². The van der Waals surface area contributed by atoms with E-state index in [1.54, 1.807) is 55.9 Å². The molecule has 0 N–H and O–H groups in total. The summed E-state index contributed by atoms with van der Waals surface area (Å²) >= 11 is 0. The molecule has 0 bridgehead atoms. The van der Waals surface area contributed by atoms with Crippen molar-refractivity contribution >= 4 is 33.9 Å². The minimum atomic E-state index is -0.0507. The molecule has 2 atom stereocenters. The summed E-state index contributed by atoms with van der Waals surface area (Å²) in [6.45, 7) is 4.12. The third-order valence-corrected chi connectivity index (χ3v) is 8.90. The molecule has 0 spiro atoms. The topological polar surface area (TPSA) is 183 Å². The van der Waals surface area contributed by atoms with Crippen LogP contribution in [0.1, 0.15) is 37.1 Å². The predicted molar refractivity (Wildman–Crippen MR) is 189 cm³/mol. The fourth-order valence-electron chi connectivity index (χ4n) is 6.02. The van der Waals surface area contributed by atoms with Crippen molar-refractivity contribution < 1.29 is 0 Å². The molecule has 10 aromatic heterocycles. The van der Waals surface area contributed by atoms with Crippen molar-refractivity contribution in [2.75, 3.05) is 0 Å². The zero-order valence-corrected chi connectivity index (χ0v) is 28.4. The quantitative estimate of drug-likeness (QED) is 0.247. The third kappa shape index (κ3) is 5.47. The molecule has 10 aromatic rings. The molecule has 0 aliphatic heterocycles. The highest BCUT2D eigenvalue weighted by Crippen LogP contribution is 2.25. The Balaban J connectivity index is 0.000000138. The smallest absolute Gasteiger partial charge is 0.221 e. The average Bonchev–Trinajstić information content (AvgIpc) is 4.02. The molecular formula is C34H30N18. The maximum Gasteiger partial charge on any atom is 0.221 e. The molecule has 0 unspecified atom stereocenters. The van der Waals surface area contributed by atoms with Gasteiger partial charge in [0, 0.05) is 74.8 Å². The van der Waals surface area contributed by atoms with E-state index in [9.17, 15) is 0 Å². The Hall–Kier alpha value is -7.24. The Kier molecular flexibility index (Phi) is 7.26. The van der Waals surface area contributed by atoms with Gasteiger partial charge in [-0.3, -0.25) is 9.36 Å². The monoisotopic (exact) mass is 690 g/mol. The SMILES string of the molecule is C[C@@H](c1ccc2nccn2c1)n1nnc2ncc(-c3cnn(C)c3)nc21.C[C@@H](c1ccc2nccn2c1)n1nnc2ncc(-c3cnn(C)c3)nc21. The number of hydrogen-bond acceptors (Lipinski definition) is 12. The molecule has 10 rings (SSSR count). The van der Waals surface area contributed by atoms with Crippen molar-refractivity contribution in [3.63, 3.8) is 0 Å². The molecule has 18 nitrogen and oxygen atoms in total. The standard InChI is InChI=1S/2C17H15N9/c2*1-11(12-3-4-15-18-5-6-25(15)10-12)26-17-16(22-23-26)19-8-14(21-17)13-7-20-24(2)9-13/h2*3-11H,1-2H3/t2*11-/m00/s1. The zero-order valence-electron chi connectivity index (χ0n) is 28.4. The van der Waals surface area contributed by atoms with Crippen LogP contribution in [-0.2, 0) is 14.1 Å². The van der Waals surface area contributed by atoms with Gasteiger partial charge in [0.15, 0.2) is 11.3 Å². The highest BCUT2D eigenvalue weighted by atomic mass is 15.5. The first-order valence-electron chi connectivity index (χ1n) is 16.4. The number of aryl methyl sites for hydroxylation is 2. The van der Waals surface area contributed by atoms with Crippen LogP contribution in [0.5, 0.6) is 0 Å². The molecule has 0 aliphatic rings. The molecule has 0 saturated heterocycles. The highest BCUT2D eigenvalue weighted by molar-refractivity contribution is 5.71. The second-order valence-corrected chi connectivity index (χ2v) is 12.3. The van der Waals surface area contributed by atoms with Crippen LogP contribution in [0.2, 0.25) is 0 Å². The van der Waals surface area contributed by atoms with Crippen molar-refractivity contribution in [1.82, 2.24) is 88.3 Å². The van der Waals surface area contributed by atoms with Gasteiger partial charge in [0.05, 0.1) is 48.3 Å². The van der Waals surface area contributed by atoms with Crippen LogP contribution in [0.25, 0.3) is 56.4 Å². The zero-order chi connectivity index (χ0) is 35.3. The fraction of sp³-hybridized carbons (Fsp3) is 0.176. The van der Waals surface area contributed by atoms with E-state index in [2.05, 4.69) is 64.6 Å². The molecule has 52 heavy (non-hydrogen) atoms. The normalized spacial score (nSPS) is 12.8. The van der Waals surface area contributed by atoms with E-state index in [4.69, 9.17) is 9.97 Å². The number of hydrogen-bond donors (Lipinski definition) is 0. The lowest BCUT2D eigenvalue weighted by molar-refractivity contribution is 0.554. The van der Waals surface area contributed by atoms with Gasteiger partial charge in [-0.15, -0.1) is 10.2 Å². The molecular weight excluding hydrogens is 660 g/mol. The first kappa shape index (κ1) is 30.8. The summed E-state index contributed by atoms with van der Waals surface area (Å²) in [5.41, 5.74) is 9.59. The summed E-state index contributed by atoms with van der Waals surface area (Å²) in [7, 11) is 3.74. The van der Waals surface area contributed by atoms with Gasteiger partial charge in [-0.1, -0.05) is 22.6 Å². The lowest BCUT2D eigenvalue weighted by Crippen LogP contribution is -2.10. The predicted octanol–water partition coefficient (Wildman–Crippen LogP) is 3.76. The summed E-state index contributed by atoms with van der Waals surface area (Å²) in [6, 6.07) is 7.95. The first-order valence-corrected chi connectivity index (χ1v) is 16.4. The largest absolute Gasteiger partial charge is 0.307 e. The molecule has 0 amide bonds. The van der Waals surface area contributed by atoms with Crippen LogP contribution in [0.15, 0.2) is 98.6 Å². The van der Waals surface area contributed by atoms with Crippen LogP contribution < -0.4 is 0 Å². The second kappa shape index (κ2) is 12.3. The number of fused-ring (bicyclic) bond motifs is 4. The van der Waals surface area contributed by atoms with Gasteiger partial charge >= 0.3 is 0 Å². The van der Waals surface area contributed by atoms with Crippen LogP contribution in [0.3, 0.4) is 0 Å². The average molecular weight is 691 g/mol. The summed E-state index contributed by atoms with van der Waals surface area (Å²) in [5, 5.41) is 25.2. The summed E-state index contributed by atoms with van der Waals surface area (Å²) < 4.78 is 11.0. The van der Waals surface area contributed by atoms with E-state index >= 15 is 0 Å². The number of pyridine rings is 2. The van der Waals surface area contributed by atoms with Gasteiger partial charge in [-0.05, 0) is 37.1 Å². The summed E-state index contributed by atoms with van der Waals surface area (Å²) in [5.74, 6) is 0. The van der Waals surface area contributed by atoms with Crippen LogP contribution in [0, 0.1) is 0 Å². The van der Waals surface area contributed by atoms with E-state index < -0.39 is 0 Å². The molecule has 256 valence electrons. The Morgan fingerprint density at radius 2 is 1.00 bits per heavy atom. The Morgan fingerprint density at radius 1 is 0.538 bits per heavy atom. The van der Waals surface area contributed by atoms with Gasteiger partial charge in [-0.25, -0.2) is 39.3 Å². The highest BCUT2D eigenvalue weighted by Gasteiger charge is 2.19. The fourth-order valence-corrected chi connectivity index (χ4v) is 6.02. The van der Waals surface area contributed by atoms with E-state index in [1.165, 1.54) is 0 Å².